The molecule has 0 aliphatic heterocycles. The molecule has 8 heteroatoms. The lowest BCUT2D eigenvalue weighted by Crippen LogP contribution is -2.27. The molecule has 4 aromatic rings. The minimum atomic E-state index is -0.222. The number of nitrogens with zero attached hydrogens (tertiary/aromatic N) is 2. The highest BCUT2D eigenvalue weighted by Gasteiger charge is 2.14. The Labute approximate surface area is 189 Å². The van der Waals surface area contributed by atoms with Crippen LogP contribution >= 0.6 is 11.3 Å². The van der Waals surface area contributed by atoms with Crippen LogP contribution in [-0.2, 0) is 11.2 Å². The number of thiophene rings is 1. The van der Waals surface area contributed by atoms with Gasteiger partial charge in [-0.3, -0.25) is 9.59 Å². The molecule has 0 radical (unpaired) electrons. The van der Waals surface area contributed by atoms with Crippen molar-refractivity contribution in [3.05, 3.63) is 88.4 Å². The van der Waals surface area contributed by atoms with Crippen LogP contribution in [0.5, 0.6) is 0 Å². The quantitative estimate of drug-likeness (QED) is 0.403. The largest absolute Gasteiger partial charge is 0.350 e. The van der Waals surface area contributed by atoms with Crippen molar-refractivity contribution in [2.75, 3.05) is 5.32 Å². The highest BCUT2D eigenvalue weighted by Crippen LogP contribution is 2.20. The summed E-state index contributed by atoms with van der Waals surface area (Å²) in [5.41, 5.74) is 3.05. The number of aromatic nitrogens is 2. The summed E-state index contributed by atoms with van der Waals surface area (Å²) in [4.78, 5) is 29.1. The number of amides is 2. The van der Waals surface area contributed by atoms with Crippen molar-refractivity contribution in [2.45, 2.75) is 25.8 Å². The number of hydrogen-bond donors (Lipinski definition) is 2. The fourth-order valence-corrected chi connectivity index (χ4v) is 3.80. The zero-order valence-electron chi connectivity index (χ0n) is 17.4. The third kappa shape index (κ3) is 5.47. The molecule has 0 bridgehead atoms. The van der Waals surface area contributed by atoms with Crippen molar-refractivity contribution in [1.82, 2.24) is 15.5 Å². The smallest absolute Gasteiger partial charge is 0.255 e. The SMILES string of the molecule is CC(NC(=O)CCc1nc(-c2ccsc2)no1)c1cccc(NC(=O)c2ccccc2)c1. The first-order valence-corrected chi connectivity index (χ1v) is 11.1. The maximum atomic E-state index is 12.4. The van der Waals surface area contributed by atoms with Gasteiger partial charge in [-0.05, 0) is 48.2 Å². The molecule has 2 N–H and O–H groups in total. The summed E-state index contributed by atoms with van der Waals surface area (Å²) in [6, 6.07) is 18.2. The zero-order chi connectivity index (χ0) is 22.3. The number of carbonyl (C=O) groups is 2. The van der Waals surface area contributed by atoms with Crippen molar-refractivity contribution < 1.29 is 14.1 Å². The zero-order valence-corrected chi connectivity index (χ0v) is 18.3. The van der Waals surface area contributed by atoms with E-state index in [1.165, 1.54) is 0 Å². The second kappa shape index (κ2) is 10.0. The molecule has 1 atom stereocenters. The first-order chi connectivity index (χ1) is 15.6. The van der Waals surface area contributed by atoms with E-state index in [4.69, 9.17) is 4.52 Å². The van der Waals surface area contributed by atoms with Crippen molar-refractivity contribution in [2.24, 2.45) is 0 Å². The van der Waals surface area contributed by atoms with E-state index in [2.05, 4.69) is 20.8 Å². The number of benzene rings is 2. The molecule has 32 heavy (non-hydrogen) atoms. The summed E-state index contributed by atoms with van der Waals surface area (Å²) in [6.07, 6.45) is 0.600. The number of hydrogen-bond acceptors (Lipinski definition) is 6. The third-order valence-electron chi connectivity index (χ3n) is 4.87. The Bertz CT molecular complexity index is 1190. The van der Waals surface area contributed by atoms with E-state index in [9.17, 15) is 9.59 Å². The number of aryl methyl sites for hydroxylation is 1. The predicted octanol–water partition coefficient (Wildman–Crippen LogP) is 4.86. The van der Waals surface area contributed by atoms with Crippen LogP contribution in [0.15, 0.2) is 75.9 Å². The second-order valence-corrected chi connectivity index (χ2v) is 8.04. The summed E-state index contributed by atoms with van der Waals surface area (Å²) >= 11 is 1.56. The Morgan fingerprint density at radius 1 is 1.09 bits per heavy atom. The van der Waals surface area contributed by atoms with Crippen LogP contribution in [0.25, 0.3) is 11.4 Å². The summed E-state index contributed by atoms with van der Waals surface area (Å²) in [7, 11) is 0. The Kier molecular flexibility index (Phi) is 6.72. The van der Waals surface area contributed by atoms with Crippen LogP contribution in [-0.4, -0.2) is 22.0 Å². The van der Waals surface area contributed by atoms with Gasteiger partial charge in [0.1, 0.15) is 0 Å². The maximum Gasteiger partial charge on any atom is 0.255 e. The van der Waals surface area contributed by atoms with Gasteiger partial charge in [-0.2, -0.15) is 16.3 Å². The van der Waals surface area contributed by atoms with Gasteiger partial charge in [0.05, 0.1) is 6.04 Å². The molecule has 1 unspecified atom stereocenters. The van der Waals surface area contributed by atoms with E-state index in [0.29, 0.717) is 29.4 Å². The van der Waals surface area contributed by atoms with Gasteiger partial charge in [-0.25, -0.2) is 0 Å². The Hall–Kier alpha value is -3.78. The summed E-state index contributed by atoms with van der Waals surface area (Å²) in [5, 5.41) is 13.7. The lowest BCUT2D eigenvalue weighted by atomic mass is 10.1. The minimum absolute atomic E-state index is 0.119. The average Bonchev–Trinajstić information content (AvgIpc) is 3.50. The normalized spacial score (nSPS) is 11.7. The van der Waals surface area contributed by atoms with Crippen LogP contribution in [0.3, 0.4) is 0 Å². The van der Waals surface area contributed by atoms with E-state index in [-0.39, 0.29) is 24.3 Å². The number of nitrogens with one attached hydrogen (secondary N) is 2. The van der Waals surface area contributed by atoms with Crippen molar-refractivity contribution >= 4 is 28.8 Å². The fraction of sp³-hybridized carbons (Fsp3) is 0.167. The van der Waals surface area contributed by atoms with Crippen molar-refractivity contribution in [3.8, 4) is 11.4 Å². The molecule has 7 nitrogen and oxygen atoms in total. The van der Waals surface area contributed by atoms with Crippen LogP contribution in [0.4, 0.5) is 5.69 Å². The molecule has 0 aliphatic carbocycles. The van der Waals surface area contributed by atoms with Gasteiger partial charge in [-0.15, -0.1) is 0 Å². The molecule has 0 fully saturated rings. The highest BCUT2D eigenvalue weighted by molar-refractivity contribution is 7.08. The van der Waals surface area contributed by atoms with Crippen LogP contribution in [0.1, 0.15) is 41.2 Å². The van der Waals surface area contributed by atoms with E-state index < -0.39 is 0 Å². The second-order valence-electron chi connectivity index (χ2n) is 7.26. The minimum Gasteiger partial charge on any atom is -0.350 e. The molecule has 4 rings (SSSR count). The van der Waals surface area contributed by atoms with Crippen LogP contribution in [0, 0.1) is 0 Å². The fourth-order valence-electron chi connectivity index (χ4n) is 3.16. The van der Waals surface area contributed by atoms with Crippen molar-refractivity contribution in [3.63, 3.8) is 0 Å². The Morgan fingerprint density at radius 3 is 2.72 bits per heavy atom. The van der Waals surface area contributed by atoms with E-state index in [1.807, 2.05) is 66.2 Å². The number of anilines is 1. The van der Waals surface area contributed by atoms with Crippen LogP contribution < -0.4 is 10.6 Å². The third-order valence-corrected chi connectivity index (χ3v) is 5.55. The lowest BCUT2D eigenvalue weighted by Gasteiger charge is -2.15. The topological polar surface area (TPSA) is 97.1 Å². The Morgan fingerprint density at radius 2 is 1.94 bits per heavy atom. The van der Waals surface area contributed by atoms with Gasteiger partial charge in [0.2, 0.25) is 17.6 Å². The number of carbonyl (C=O) groups excluding carboxylic acids is 2. The van der Waals surface area contributed by atoms with Gasteiger partial charge in [0, 0.05) is 35.0 Å². The summed E-state index contributed by atoms with van der Waals surface area (Å²) in [5.74, 6) is 0.663. The first-order valence-electron chi connectivity index (χ1n) is 10.2. The monoisotopic (exact) mass is 446 g/mol. The molecule has 2 heterocycles. The molecule has 162 valence electrons. The van der Waals surface area contributed by atoms with Gasteiger partial charge >= 0.3 is 0 Å². The summed E-state index contributed by atoms with van der Waals surface area (Å²) < 4.78 is 5.24. The Balaban J connectivity index is 1.30. The first kappa shape index (κ1) is 21.5. The van der Waals surface area contributed by atoms with E-state index in [0.717, 1.165) is 11.1 Å². The highest BCUT2D eigenvalue weighted by atomic mass is 32.1. The van der Waals surface area contributed by atoms with Gasteiger partial charge in [0.25, 0.3) is 5.91 Å². The van der Waals surface area contributed by atoms with Gasteiger partial charge < -0.3 is 15.2 Å². The molecule has 0 aliphatic rings. The van der Waals surface area contributed by atoms with Crippen molar-refractivity contribution in [1.29, 1.82) is 0 Å². The molecule has 0 spiro atoms. The number of rotatable bonds is 8. The standard InChI is InChI=1S/C24H22N4O3S/c1-16(18-8-5-9-20(14-18)26-24(30)17-6-3-2-4-7-17)25-21(29)10-11-22-27-23(28-31-22)19-12-13-32-15-19/h2-9,12-16H,10-11H2,1H3,(H,25,29)(H,26,30). The van der Waals surface area contributed by atoms with Gasteiger partial charge in [0.15, 0.2) is 0 Å². The summed E-state index contributed by atoms with van der Waals surface area (Å²) in [6.45, 7) is 1.90. The average molecular weight is 447 g/mol. The molecule has 2 aromatic heterocycles. The molecule has 0 saturated heterocycles. The van der Waals surface area contributed by atoms with Crippen LogP contribution in [0.2, 0.25) is 0 Å². The van der Waals surface area contributed by atoms with E-state index in [1.54, 1.807) is 23.5 Å². The van der Waals surface area contributed by atoms with E-state index >= 15 is 0 Å². The predicted molar refractivity (Wildman–Crippen MR) is 123 cm³/mol. The molecule has 0 saturated carbocycles. The molecule has 2 amide bonds. The molecular weight excluding hydrogens is 424 g/mol. The van der Waals surface area contributed by atoms with Gasteiger partial charge in [-0.1, -0.05) is 35.5 Å². The lowest BCUT2D eigenvalue weighted by molar-refractivity contribution is -0.121. The molecular formula is C24H22N4O3S. The maximum absolute atomic E-state index is 12.4. The molecule has 2 aromatic carbocycles.